The third kappa shape index (κ3) is 4.65. The van der Waals surface area contributed by atoms with Gasteiger partial charge in [-0.2, -0.15) is 12.7 Å². The summed E-state index contributed by atoms with van der Waals surface area (Å²) in [4.78, 5) is 11.7. The highest BCUT2D eigenvalue weighted by Gasteiger charge is 2.33. The highest BCUT2D eigenvalue weighted by atomic mass is 79.9. The minimum atomic E-state index is -4.00. The van der Waals surface area contributed by atoms with Crippen LogP contribution in [0.4, 0.5) is 4.39 Å². The van der Waals surface area contributed by atoms with Gasteiger partial charge in [0, 0.05) is 13.1 Å². The summed E-state index contributed by atoms with van der Waals surface area (Å²) in [5, 5.41) is 0. The number of carbonyl (C=O) groups excluding carboxylic acids is 1. The fourth-order valence-electron chi connectivity index (χ4n) is 2.28. The van der Waals surface area contributed by atoms with Crippen LogP contribution < -0.4 is 4.18 Å². The van der Waals surface area contributed by atoms with Gasteiger partial charge in [-0.05, 0) is 53.9 Å². The largest absolute Gasteiger partial charge is 0.466 e. The summed E-state index contributed by atoms with van der Waals surface area (Å²) in [5.41, 5.74) is 0. The van der Waals surface area contributed by atoms with Gasteiger partial charge in [-0.15, -0.1) is 0 Å². The van der Waals surface area contributed by atoms with Crippen molar-refractivity contribution in [2.45, 2.75) is 19.8 Å². The molecule has 2 rings (SSSR count). The Balaban J connectivity index is 2.00. The van der Waals surface area contributed by atoms with E-state index >= 15 is 0 Å². The van der Waals surface area contributed by atoms with Gasteiger partial charge in [0.1, 0.15) is 5.82 Å². The number of rotatable bonds is 5. The first-order valence-corrected chi connectivity index (χ1v) is 9.30. The van der Waals surface area contributed by atoms with Gasteiger partial charge in [0.25, 0.3) is 0 Å². The molecule has 1 aliphatic heterocycles. The molecule has 0 spiro atoms. The van der Waals surface area contributed by atoms with Gasteiger partial charge in [0.15, 0.2) is 5.75 Å². The summed E-state index contributed by atoms with van der Waals surface area (Å²) < 4.78 is 48.9. The Bertz CT molecular complexity index is 674. The summed E-state index contributed by atoms with van der Waals surface area (Å²) in [7, 11) is -4.00. The number of nitrogens with zero attached hydrogens (tertiary/aromatic N) is 1. The zero-order valence-electron chi connectivity index (χ0n) is 12.5. The minimum absolute atomic E-state index is 0.0129. The molecule has 128 valence electrons. The number of carbonyl (C=O) groups is 1. The Morgan fingerprint density at radius 2 is 2.04 bits per heavy atom. The lowest BCUT2D eigenvalue weighted by atomic mass is 9.98. The van der Waals surface area contributed by atoms with Gasteiger partial charge in [0.05, 0.1) is 17.0 Å². The lowest BCUT2D eigenvalue weighted by molar-refractivity contribution is -0.149. The number of hydrogen-bond donors (Lipinski definition) is 0. The van der Waals surface area contributed by atoms with Crippen molar-refractivity contribution < 1.29 is 26.5 Å². The monoisotopic (exact) mass is 409 g/mol. The Kier molecular flexibility index (Phi) is 5.99. The maximum Gasteiger partial charge on any atom is 0.385 e. The van der Waals surface area contributed by atoms with E-state index in [1.807, 2.05) is 0 Å². The van der Waals surface area contributed by atoms with E-state index in [2.05, 4.69) is 15.9 Å². The van der Waals surface area contributed by atoms with E-state index < -0.39 is 16.1 Å². The number of halogens is 2. The maximum atomic E-state index is 13.0. The lowest BCUT2D eigenvalue weighted by Gasteiger charge is -2.29. The van der Waals surface area contributed by atoms with Crippen LogP contribution in [0, 0.1) is 11.7 Å². The summed E-state index contributed by atoms with van der Waals surface area (Å²) in [5.74, 6) is -1.08. The smallest absolute Gasteiger partial charge is 0.385 e. The normalized spacial score (nSPS) is 17.0. The molecule has 1 aromatic rings. The number of benzene rings is 1. The molecule has 1 saturated heterocycles. The molecule has 0 amide bonds. The van der Waals surface area contributed by atoms with Crippen molar-refractivity contribution in [1.29, 1.82) is 0 Å². The van der Waals surface area contributed by atoms with E-state index in [-0.39, 0.29) is 35.2 Å². The molecule has 1 fully saturated rings. The highest BCUT2D eigenvalue weighted by Crippen LogP contribution is 2.29. The van der Waals surface area contributed by atoms with E-state index in [1.54, 1.807) is 6.92 Å². The molecular weight excluding hydrogens is 393 g/mol. The Labute approximate surface area is 142 Å². The standard InChI is InChI=1S/C14H17BrFNO5S/c1-2-21-14(18)10-5-7-17(8-6-10)23(19,20)22-13-4-3-11(16)9-12(13)15/h3-4,9-10H,2,5-8H2,1H3. The van der Waals surface area contributed by atoms with Gasteiger partial charge < -0.3 is 8.92 Å². The first-order chi connectivity index (χ1) is 10.8. The van der Waals surface area contributed by atoms with Gasteiger partial charge in [0.2, 0.25) is 0 Å². The second kappa shape index (κ2) is 7.59. The molecule has 0 N–H and O–H groups in total. The summed E-state index contributed by atoms with van der Waals surface area (Å²) in [6.45, 7) is 2.38. The highest BCUT2D eigenvalue weighted by molar-refractivity contribution is 9.10. The molecule has 1 aliphatic rings. The van der Waals surface area contributed by atoms with Crippen molar-refractivity contribution in [2.75, 3.05) is 19.7 Å². The molecule has 1 aromatic carbocycles. The third-order valence-corrected chi connectivity index (χ3v) is 5.49. The van der Waals surface area contributed by atoms with E-state index in [0.717, 1.165) is 12.1 Å². The predicted molar refractivity (Wildman–Crippen MR) is 84.6 cm³/mol. The second-order valence-corrected chi connectivity index (χ2v) is 7.43. The average molecular weight is 410 g/mol. The molecule has 0 atom stereocenters. The van der Waals surface area contributed by atoms with Gasteiger partial charge >= 0.3 is 16.3 Å². The van der Waals surface area contributed by atoms with Crippen molar-refractivity contribution in [3.8, 4) is 5.75 Å². The van der Waals surface area contributed by atoms with E-state index in [9.17, 15) is 17.6 Å². The van der Waals surface area contributed by atoms with Crippen molar-refractivity contribution >= 4 is 32.2 Å². The first-order valence-electron chi connectivity index (χ1n) is 7.14. The van der Waals surface area contributed by atoms with Crippen molar-refractivity contribution in [3.05, 3.63) is 28.5 Å². The molecule has 0 aliphatic carbocycles. The molecular formula is C14H17BrFNO5S. The van der Waals surface area contributed by atoms with Crippen LogP contribution in [0.15, 0.2) is 22.7 Å². The molecule has 0 aromatic heterocycles. The molecule has 0 saturated carbocycles. The van der Waals surface area contributed by atoms with Crippen LogP contribution in [0.5, 0.6) is 5.75 Å². The molecule has 0 unspecified atom stereocenters. The van der Waals surface area contributed by atoms with E-state index in [0.29, 0.717) is 19.4 Å². The summed E-state index contributed by atoms with van der Waals surface area (Å²) in [6, 6.07) is 3.47. The van der Waals surface area contributed by atoms with Crippen LogP contribution in [-0.2, 0) is 19.8 Å². The SMILES string of the molecule is CCOC(=O)C1CCN(S(=O)(=O)Oc2ccc(F)cc2Br)CC1. The molecule has 0 bridgehead atoms. The number of hydrogen-bond acceptors (Lipinski definition) is 5. The Morgan fingerprint density at radius 1 is 1.39 bits per heavy atom. The Morgan fingerprint density at radius 3 is 2.61 bits per heavy atom. The third-order valence-electron chi connectivity index (χ3n) is 3.48. The van der Waals surface area contributed by atoms with E-state index in [4.69, 9.17) is 8.92 Å². The van der Waals surface area contributed by atoms with Crippen LogP contribution in [0.25, 0.3) is 0 Å². The number of esters is 1. The van der Waals surface area contributed by atoms with E-state index in [1.165, 1.54) is 10.4 Å². The predicted octanol–water partition coefficient (Wildman–Crippen LogP) is 2.49. The number of piperidine rings is 1. The minimum Gasteiger partial charge on any atom is -0.466 e. The van der Waals surface area contributed by atoms with Crippen LogP contribution in [-0.4, -0.2) is 38.4 Å². The molecule has 9 heteroatoms. The molecule has 6 nitrogen and oxygen atoms in total. The summed E-state index contributed by atoms with van der Waals surface area (Å²) >= 11 is 3.06. The molecule has 23 heavy (non-hydrogen) atoms. The molecule has 0 radical (unpaired) electrons. The lowest BCUT2D eigenvalue weighted by Crippen LogP contribution is -2.42. The topological polar surface area (TPSA) is 72.9 Å². The number of ether oxygens (including phenoxy) is 1. The quantitative estimate of drug-likeness (QED) is 0.698. The fourth-order valence-corrected chi connectivity index (χ4v) is 3.96. The zero-order valence-corrected chi connectivity index (χ0v) is 14.9. The van der Waals surface area contributed by atoms with Crippen LogP contribution >= 0.6 is 15.9 Å². The first kappa shape index (κ1) is 18.2. The Hall–Kier alpha value is -1.19. The van der Waals surface area contributed by atoms with Crippen LogP contribution in [0.1, 0.15) is 19.8 Å². The maximum absolute atomic E-state index is 13.0. The molecule has 1 heterocycles. The van der Waals surface area contributed by atoms with Crippen molar-refractivity contribution in [3.63, 3.8) is 0 Å². The van der Waals surface area contributed by atoms with Crippen LogP contribution in [0.3, 0.4) is 0 Å². The second-order valence-electron chi connectivity index (χ2n) is 5.04. The summed E-state index contributed by atoms with van der Waals surface area (Å²) in [6.07, 6.45) is 0.762. The van der Waals surface area contributed by atoms with Crippen molar-refractivity contribution in [2.24, 2.45) is 5.92 Å². The van der Waals surface area contributed by atoms with Gasteiger partial charge in [-0.1, -0.05) is 0 Å². The zero-order chi connectivity index (χ0) is 17.0. The van der Waals surface area contributed by atoms with Crippen LogP contribution in [0.2, 0.25) is 0 Å². The van der Waals surface area contributed by atoms with Gasteiger partial charge in [-0.25, -0.2) is 4.39 Å². The average Bonchev–Trinajstić information content (AvgIpc) is 2.50. The van der Waals surface area contributed by atoms with Crippen molar-refractivity contribution in [1.82, 2.24) is 4.31 Å². The fraction of sp³-hybridized carbons (Fsp3) is 0.500. The van der Waals surface area contributed by atoms with Gasteiger partial charge in [-0.3, -0.25) is 4.79 Å².